The van der Waals surface area contributed by atoms with Crippen LogP contribution in [0.3, 0.4) is 0 Å². The van der Waals surface area contributed by atoms with Gasteiger partial charge in [-0.3, -0.25) is 39.2 Å². The van der Waals surface area contributed by atoms with Crippen LogP contribution in [-0.2, 0) is 0 Å². The number of nitrogens with zero attached hydrogens (tertiary/aromatic N) is 8. The maximum atomic E-state index is 13.0. The lowest BCUT2D eigenvalue weighted by molar-refractivity contribution is -0.0725. The van der Waals surface area contributed by atoms with Crippen molar-refractivity contribution in [3.8, 4) is 0 Å². The van der Waals surface area contributed by atoms with Gasteiger partial charge in [0, 0.05) is 0 Å². The van der Waals surface area contributed by atoms with Crippen molar-refractivity contribution in [1.82, 2.24) is 39.2 Å². The summed E-state index contributed by atoms with van der Waals surface area (Å²) in [6.07, 6.45) is -1.82. The van der Waals surface area contributed by atoms with E-state index >= 15 is 0 Å². The first-order valence-electron chi connectivity index (χ1n) is 12.9. The van der Waals surface area contributed by atoms with Crippen LogP contribution in [0, 0.1) is 0 Å². The highest BCUT2D eigenvalue weighted by Gasteiger charge is 2.70. The predicted octanol–water partition coefficient (Wildman–Crippen LogP) is -4.47. The number of rotatable bonds is 14. The van der Waals surface area contributed by atoms with Crippen LogP contribution in [0.1, 0.15) is 32.1 Å². The van der Waals surface area contributed by atoms with Crippen molar-refractivity contribution >= 4 is 24.1 Å². The highest BCUT2D eigenvalue weighted by molar-refractivity contribution is 5.87. The van der Waals surface area contributed by atoms with E-state index < -0.39 is 102 Å². The summed E-state index contributed by atoms with van der Waals surface area (Å²) in [7, 11) is 0. The fourth-order valence-corrected chi connectivity index (χ4v) is 6.91. The van der Waals surface area contributed by atoms with Gasteiger partial charge in [-0.2, -0.15) is 0 Å². The van der Waals surface area contributed by atoms with E-state index in [1.54, 1.807) is 0 Å². The van der Waals surface area contributed by atoms with Crippen molar-refractivity contribution in [1.29, 1.82) is 0 Å². The highest BCUT2D eigenvalue weighted by Crippen LogP contribution is 2.48. The van der Waals surface area contributed by atoms with Crippen LogP contribution in [0.15, 0.2) is 0 Å². The van der Waals surface area contributed by atoms with Gasteiger partial charge in [-0.15, -0.1) is 0 Å². The number of unbranched alkanes of at least 4 members (excludes halogenated alkanes) is 2. The SMILES string of the molecule is O=C1N(CO)C2N(CO)C(=O)N(CO)C2(CCCCCC23C(N(CO)C(=O)N2CO)N(CO)C(=O)N3CO)N1CO. The van der Waals surface area contributed by atoms with Gasteiger partial charge in [0.15, 0.2) is 23.7 Å². The van der Waals surface area contributed by atoms with E-state index in [1.807, 2.05) is 0 Å². The quantitative estimate of drug-likeness (QED) is 0.0889. The van der Waals surface area contributed by atoms with Gasteiger partial charge in [-0.1, -0.05) is 6.42 Å². The Morgan fingerprint density at radius 2 is 0.659 bits per heavy atom. The van der Waals surface area contributed by atoms with Crippen molar-refractivity contribution in [3.63, 3.8) is 0 Å². The minimum Gasteiger partial charge on any atom is -0.376 e. The Morgan fingerprint density at radius 1 is 0.415 bits per heavy atom. The number of hydrogen-bond acceptors (Lipinski definition) is 12. The summed E-state index contributed by atoms with van der Waals surface area (Å²) >= 11 is 0. The predicted molar refractivity (Wildman–Crippen MR) is 129 cm³/mol. The van der Waals surface area contributed by atoms with E-state index in [-0.39, 0.29) is 25.7 Å². The second-order valence-corrected chi connectivity index (χ2v) is 9.92. The lowest BCUT2D eigenvalue weighted by atomic mass is 9.93. The number of aliphatic hydroxyl groups excluding tert-OH is 8. The summed E-state index contributed by atoms with van der Waals surface area (Å²) in [5.41, 5.74) is -3.32. The van der Waals surface area contributed by atoms with E-state index in [2.05, 4.69) is 0 Å². The summed E-state index contributed by atoms with van der Waals surface area (Å²) < 4.78 is 0. The number of carbonyl (C=O) groups excluding carboxylic acids is 4. The zero-order valence-corrected chi connectivity index (χ0v) is 22.1. The van der Waals surface area contributed by atoms with E-state index in [9.17, 15) is 60.0 Å². The Morgan fingerprint density at radius 3 is 0.854 bits per heavy atom. The Kier molecular flexibility index (Phi) is 8.66. The molecule has 0 radical (unpaired) electrons. The molecule has 4 rings (SSSR count). The molecule has 232 valence electrons. The van der Waals surface area contributed by atoms with Crippen molar-refractivity contribution in [3.05, 3.63) is 0 Å². The van der Waals surface area contributed by atoms with Crippen molar-refractivity contribution < 1.29 is 60.0 Å². The fourth-order valence-electron chi connectivity index (χ4n) is 6.91. The van der Waals surface area contributed by atoms with Crippen LogP contribution in [0.5, 0.6) is 0 Å². The van der Waals surface area contributed by atoms with E-state index in [4.69, 9.17) is 0 Å². The highest BCUT2D eigenvalue weighted by atomic mass is 16.3. The molecule has 0 saturated carbocycles. The first-order chi connectivity index (χ1) is 19.7. The van der Waals surface area contributed by atoms with Gasteiger partial charge in [-0.05, 0) is 25.7 Å². The zero-order valence-electron chi connectivity index (χ0n) is 22.1. The van der Waals surface area contributed by atoms with Crippen LogP contribution in [0.2, 0.25) is 0 Å². The topological polar surface area (TPSA) is 256 Å². The Hall–Kier alpha value is -3.24. The van der Waals surface area contributed by atoms with Gasteiger partial charge in [0.05, 0.1) is 0 Å². The molecule has 4 aliphatic rings. The van der Waals surface area contributed by atoms with Crippen LogP contribution in [0.25, 0.3) is 0 Å². The lowest BCUT2D eigenvalue weighted by Crippen LogP contribution is -2.61. The average molecular weight is 593 g/mol. The molecule has 41 heavy (non-hydrogen) atoms. The number of aliphatic hydroxyl groups is 8. The summed E-state index contributed by atoms with van der Waals surface area (Å²) in [6, 6.07) is -3.31. The van der Waals surface area contributed by atoms with Crippen LogP contribution in [0.4, 0.5) is 19.2 Å². The molecule has 0 spiro atoms. The van der Waals surface area contributed by atoms with Crippen LogP contribution in [-0.4, -0.2) is 182 Å². The molecule has 0 aromatic carbocycles. The molecule has 4 fully saturated rings. The minimum atomic E-state index is -1.66. The van der Waals surface area contributed by atoms with Crippen molar-refractivity contribution in [2.75, 3.05) is 53.8 Å². The number of hydrogen-bond donors (Lipinski definition) is 8. The molecule has 0 unspecified atom stereocenters. The smallest absolute Gasteiger partial charge is 0.327 e. The van der Waals surface area contributed by atoms with Gasteiger partial charge in [-0.25, -0.2) is 19.2 Å². The van der Waals surface area contributed by atoms with E-state index in [1.165, 1.54) is 0 Å². The zero-order chi connectivity index (χ0) is 30.3. The molecule has 0 aromatic heterocycles. The van der Waals surface area contributed by atoms with Gasteiger partial charge < -0.3 is 40.9 Å². The molecule has 8 amide bonds. The third kappa shape index (κ3) is 3.90. The number of carbonyl (C=O) groups is 4. The van der Waals surface area contributed by atoms with E-state index in [0.29, 0.717) is 6.42 Å². The number of urea groups is 4. The first kappa shape index (κ1) is 30.7. The standard InChI is InChI=1S/C21H36N8O12/c30-6-22-14-20(26(10-34)16(22)38,27(11-35)17(39)23(14)7-31)4-2-1-3-5-21-15(24(8-32)18(40)28(21)12-36)25(9-33)19(41)29(21)13-37/h14-15,30-37H,1-13H2. The van der Waals surface area contributed by atoms with Crippen molar-refractivity contribution in [2.45, 2.75) is 55.8 Å². The fraction of sp³-hybridized carbons (Fsp3) is 0.810. The van der Waals surface area contributed by atoms with Crippen LogP contribution >= 0.6 is 0 Å². The summed E-state index contributed by atoms with van der Waals surface area (Å²) in [6.45, 7) is -6.82. The largest absolute Gasteiger partial charge is 0.376 e. The second kappa shape index (κ2) is 11.6. The van der Waals surface area contributed by atoms with Gasteiger partial charge in [0.2, 0.25) is 0 Å². The second-order valence-electron chi connectivity index (χ2n) is 9.92. The molecule has 4 aliphatic heterocycles. The van der Waals surface area contributed by atoms with Crippen molar-refractivity contribution in [2.24, 2.45) is 0 Å². The molecule has 0 bridgehead atoms. The molecule has 0 aliphatic carbocycles. The molecule has 20 heteroatoms. The van der Waals surface area contributed by atoms with Gasteiger partial charge in [0.25, 0.3) is 0 Å². The third-order valence-corrected chi connectivity index (χ3v) is 8.55. The van der Waals surface area contributed by atoms with Crippen LogP contribution < -0.4 is 0 Å². The summed E-state index contributed by atoms with van der Waals surface area (Å²) in [4.78, 5) is 59.0. The normalized spacial score (nSPS) is 29.8. The number of fused-ring (bicyclic) bond motifs is 2. The average Bonchev–Trinajstić information content (AvgIpc) is 3.53. The molecule has 20 nitrogen and oxygen atoms in total. The molecule has 4 saturated heterocycles. The Bertz CT molecular complexity index is 894. The minimum absolute atomic E-state index is 0.0312. The Labute approximate surface area is 233 Å². The van der Waals surface area contributed by atoms with Gasteiger partial charge >= 0.3 is 24.1 Å². The Balaban J connectivity index is 1.58. The maximum Gasteiger partial charge on any atom is 0.327 e. The summed E-state index contributed by atoms with van der Waals surface area (Å²) in [5, 5.41) is 79.6. The third-order valence-electron chi connectivity index (χ3n) is 8.55. The first-order valence-corrected chi connectivity index (χ1v) is 12.9. The number of amides is 8. The monoisotopic (exact) mass is 592 g/mol. The summed E-state index contributed by atoms with van der Waals surface area (Å²) in [5.74, 6) is 0. The molecule has 8 N–H and O–H groups in total. The molecular weight excluding hydrogens is 556 g/mol. The van der Waals surface area contributed by atoms with E-state index in [0.717, 1.165) is 39.2 Å². The molecular formula is C21H36N8O12. The maximum absolute atomic E-state index is 13.0. The lowest BCUT2D eigenvalue weighted by Gasteiger charge is -2.41. The molecule has 0 atom stereocenters. The molecule has 4 heterocycles. The molecule has 0 aromatic rings. The van der Waals surface area contributed by atoms with Gasteiger partial charge in [0.1, 0.15) is 53.8 Å².